The summed E-state index contributed by atoms with van der Waals surface area (Å²) in [5.41, 5.74) is 3.16. The Morgan fingerprint density at radius 1 is 0.887 bits per heavy atom. The van der Waals surface area contributed by atoms with Crippen molar-refractivity contribution in [1.29, 1.82) is 0 Å². The fraction of sp³-hybridized carbons (Fsp3) is 0.419. The number of thioether (sulfide) groups is 1. The van der Waals surface area contributed by atoms with Crippen molar-refractivity contribution in [2.45, 2.75) is 62.1 Å². The van der Waals surface area contributed by atoms with E-state index in [-0.39, 0.29) is 37.4 Å². The predicted octanol–water partition coefficient (Wildman–Crippen LogP) is 6.88. The number of anilines is 3. The molecule has 2 unspecified atom stereocenters. The summed E-state index contributed by atoms with van der Waals surface area (Å²) in [5, 5.41) is 11.0. The molecular weight excluding hydrogens is 685 g/mol. The Balaban J connectivity index is 1.46. The number of fused-ring (bicyclic) bond motifs is 1. The van der Waals surface area contributed by atoms with Crippen LogP contribution < -0.4 is 19.4 Å². The van der Waals surface area contributed by atoms with E-state index >= 15 is 14.4 Å². The minimum atomic E-state index is -0.942. The maximum atomic E-state index is 15.4. The van der Waals surface area contributed by atoms with E-state index in [1.807, 2.05) is 85.8 Å². The van der Waals surface area contributed by atoms with E-state index in [1.54, 1.807) is 38.6 Å². The standard InChI is InChI=1S/C43H52N4O5S/c1-7-27-45(33-21-23-34(24-22-33)52-11-5)39(49)36-37-40(50)47(35(29-48)30-15-13-12-14-16-30)38(43(37)26-25-42(36,6)53-43)41(51)46(28-8-2)32-19-17-31(18-20-32)44(9-3)10-4/h7-8,12-24,35-38,48H,1-2,9-11,25-29H2,3-6H3/t35-,36+,37+,38?,42-,43?/m1/s1. The number of benzene rings is 3. The number of nitrogens with zero attached hydrogens (tertiary/aromatic N) is 4. The first-order valence-corrected chi connectivity index (χ1v) is 19.5. The summed E-state index contributed by atoms with van der Waals surface area (Å²) >= 11 is 1.62. The summed E-state index contributed by atoms with van der Waals surface area (Å²) < 4.78 is 4.16. The van der Waals surface area contributed by atoms with Crippen LogP contribution in [-0.4, -0.2) is 82.7 Å². The zero-order valence-corrected chi connectivity index (χ0v) is 32.1. The Bertz CT molecular complexity index is 1800. The van der Waals surface area contributed by atoms with Gasteiger partial charge in [-0.15, -0.1) is 24.9 Å². The lowest BCUT2D eigenvalue weighted by molar-refractivity contribution is -0.142. The highest BCUT2D eigenvalue weighted by atomic mass is 32.2. The maximum Gasteiger partial charge on any atom is 0.251 e. The highest BCUT2D eigenvalue weighted by Gasteiger charge is 2.78. The quantitative estimate of drug-likeness (QED) is 0.160. The number of hydrogen-bond donors (Lipinski definition) is 1. The molecule has 1 N–H and O–H groups in total. The number of ether oxygens (including phenoxy) is 1. The van der Waals surface area contributed by atoms with E-state index in [4.69, 9.17) is 4.74 Å². The molecule has 0 radical (unpaired) electrons. The number of carbonyl (C=O) groups is 3. The molecule has 3 aromatic rings. The van der Waals surface area contributed by atoms with Gasteiger partial charge in [-0.1, -0.05) is 42.5 Å². The van der Waals surface area contributed by atoms with E-state index in [9.17, 15) is 5.11 Å². The van der Waals surface area contributed by atoms with Crippen LogP contribution in [0.15, 0.2) is 104 Å². The summed E-state index contributed by atoms with van der Waals surface area (Å²) in [5.74, 6) is -1.49. The van der Waals surface area contributed by atoms with Gasteiger partial charge in [-0.05, 0) is 94.6 Å². The molecule has 280 valence electrons. The molecule has 1 spiro atoms. The zero-order valence-electron chi connectivity index (χ0n) is 31.3. The molecule has 3 heterocycles. The molecule has 3 fully saturated rings. The Hall–Kier alpha value is -4.54. The lowest BCUT2D eigenvalue weighted by atomic mass is 9.66. The molecule has 0 aliphatic carbocycles. The summed E-state index contributed by atoms with van der Waals surface area (Å²) in [7, 11) is 0. The van der Waals surface area contributed by atoms with Gasteiger partial charge in [0.05, 0.1) is 35.8 Å². The highest BCUT2D eigenvalue weighted by molar-refractivity contribution is 8.02. The molecule has 3 aliphatic rings. The van der Waals surface area contributed by atoms with Crippen molar-refractivity contribution in [2.75, 3.05) is 54.1 Å². The molecule has 3 amide bonds. The van der Waals surface area contributed by atoms with Crippen LogP contribution in [0, 0.1) is 11.8 Å². The number of aliphatic hydroxyl groups is 1. The molecule has 53 heavy (non-hydrogen) atoms. The first kappa shape index (κ1) is 38.2. The Labute approximate surface area is 318 Å². The van der Waals surface area contributed by atoms with Gasteiger partial charge in [-0.3, -0.25) is 14.4 Å². The Kier molecular flexibility index (Phi) is 11.4. The normalized spacial score (nSPS) is 24.7. The van der Waals surface area contributed by atoms with Crippen LogP contribution in [-0.2, 0) is 14.4 Å². The van der Waals surface area contributed by atoms with Gasteiger partial charge in [0, 0.05) is 48.0 Å². The molecule has 3 aliphatic heterocycles. The smallest absolute Gasteiger partial charge is 0.251 e. The van der Waals surface area contributed by atoms with E-state index in [1.165, 1.54) is 0 Å². The number of aliphatic hydroxyl groups excluding tert-OH is 1. The molecule has 0 saturated carbocycles. The van der Waals surface area contributed by atoms with E-state index < -0.39 is 33.4 Å². The number of likely N-dealkylation sites (tertiary alicyclic amines) is 1. The van der Waals surface area contributed by atoms with Gasteiger partial charge in [0.15, 0.2) is 0 Å². The summed E-state index contributed by atoms with van der Waals surface area (Å²) in [6.07, 6.45) is 4.64. The zero-order chi connectivity index (χ0) is 37.9. The monoisotopic (exact) mass is 736 g/mol. The van der Waals surface area contributed by atoms with Gasteiger partial charge in [0.1, 0.15) is 11.8 Å². The molecule has 2 bridgehead atoms. The van der Waals surface area contributed by atoms with Crippen LogP contribution in [0.1, 0.15) is 52.1 Å². The molecule has 6 atom stereocenters. The van der Waals surface area contributed by atoms with Crippen LogP contribution in [0.5, 0.6) is 5.75 Å². The van der Waals surface area contributed by atoms with E-state index in [0.29, 0.717) is 36.6 Å². The van der Waals surface area contributed by atoms with Crippen LogP contribution in [0.3, 0.4) is 0 Å². The van der Waals surface area contributed by atoms with Gasteiger partial charge in [0.25, 0.3) is 5.91 Å². The summed E-state index contributed by atoms with van der Waals surface area (Å²) in [4.78, 5) is 52.9. The minimum absolute atomic E-state index is 0.174. The molecule has 10 heteroatoms. The van der Waals surface area contributed by atoms with Gasteiger partial charge in [0.2, 0.25) is 11.8 Å². The van der Waals surface area contributed by atoms with Crippen molar-refractivity contribution in [3.63, 3.8) is 0 Å². The van der Waals surface area contributed by atoms with E-state index in [2.05, 4.69) is 38.8 Å². The van der Waals surface area contributed by atoms with Crippen molar-refractivity contribution in [3.05, 3.63) is 110 Å². The van der Waals surface area contributed by atoms with Gasteiger partial charge in [-0.2, -0.15) is 0 Å². The fourth-order valence-electron chi connectivity index (χ4n) is 8.92. The van der Waals surface area contributed by atoms with Crippen molar-refractivity contribution >= 4 is 46.5 Å². The molecule has 3 aromatic carbocycles. The number of carbonyl (C=O) groups excluding carboxylic acids is 3. The summed E-state index contributed by atoms with van der Waals surface area (Å²) in [6, 6.07) is 23.0. The van der Waals surface area contributed by atoms with Crippen molar-refractivity contribution < 1.29 is 24.2 Å². The third kappa shape index (κ3) is 6.65. The second-order valence-electron chi connectivity index (χ2n) is 14.2. The molecule has 0 aromatic heterocycles. The predicted molar refractivity (Wildman–Crippen MR) is 215 cm³/mol. The Morgan fingerprint density at radius 3 is 2.00 bits per heavy atom. The molecule has 9 nitrogen and oxygen atoms in total. The minimum Gasteiger partial charge on any atom is -0.494 e. The lowest BCUT2D eigenvalue weighted by Gasteiger charge is -2.40. The third-order valence-corrected chi connectivity index (χ3v) is 13.3. The molecular formula is C43H52N4O5S. The largest absolute Gasteiger partial charge is 0.494 e. The topological polar surface area (TPSA) is 93.6 Å². The van der Waals surface area contributed by atoms with Crippen molar-refractivity contribution in [3.8, 4) is 5.75 Å². The first-order valence-electron chi connectivity index (χ1n) is 18.7. The average Bonchev–Trinajstić information content (AvgIpc) is 3.75. The van der Waals surface area contributed by atoms with Crippen LogP contribution in [0.4, 0.5) is 17.1 Å². The molecule has 3 saturated heterocycles. The van der Waals surface area contributed by atoms with Gasteiger partial charge in [-0.25, -0.2) is 0 Å². The number of amides is 3. The van der Waals surface area contributed by atoms with Gasteiger partial charge < -0.3 is 29.4 Å². The summed E-state index contributed by atoms with van der Waals surface area (Å²) in [6.45, 7) is 18.5. The average molecular weight is 737 g/mol. The highest BCUT2D eigenvalue weighted by Crippen LogP contribution is 2.72. The van der Waals surface area contributed by atoms with Crippen molar-refractivity contribution in [2.24, 2.45) is 11.8 Å². The molecule has 6 rings (SSSR count). The fourth-order valence-corrected chi connectivity index (χ4v) is 11.3. The van der Waals surface area contributed by atoms with Crippen LogP contribution >= 0.6 is 11.8 Å². The number of rotatable bonds is 16. The third-order valence-electron chi connectivity index (χ3n) is 11.3. The van der Waals surface area contributed by atoms with E-state index in [0.717, 1.165) is 24.3 Å². The number of hydrogen-bond acceptors (Lipinski definition) is 7. The Morgan fingerprint density at radius 2 is 1.45 bits per heavy atom. The van der Waals surface area contributed by atoms with Crippen LogP contribution in [0.2, 0.25) is 0 Å². The maximum absolute atomic E-state index is 15.4. The second-order valence-corrected chi connectivity index (χ2v) is 16.1. The van der Waals surface area contributed by atoms with Crippen LogP contribution in [0.25, 0.3) is 0 Å². The lowest BCUT2D eigenvalue weighted by Crippen LogP contribution is -2.56. The second kappa shape index (κ2) is 15.8. The first-order chi connectivity index (χ1) is 25.6. The van der Waals surface area contributed by atoms with Gasteiger partial charge >= 0.3 is 0 Å². The SMILES string of the molecule is C=CCN(C(=O)C1N([C@H](CO)c2ccccc2)C(=O)[C@@H]2[C@@H](C(=O)N(CC=C)c3ccc(OCC)cc3)[C@@]3(C)CCC12S3)c1ccc(N(CC)CC)cc1. The van der Waals surface area contributed by atoms with Crippen molar-refractivity contribution in [1.82, 2.24) is 4.90 Å².